The molecule has 2 aromatic carbocycles. The quantitative estimate of drug-likeness (QED) is 0.815. The first-order valence-electron chi connectivity index (χ1n) is 8.35. The molecule has 2 amide bonds. The Balaban J connectivity index is 1.82. The second-order valence-electron chi connectivity index (χ2n) is 6.11. The number of fused-ring (bicyclic) bond motifs is 1. The zero-order chi connectivity index (χ0) is 17.1. The summed E-state index contributed by atoms with van der Waals surface area (Å²) in [6.45, 7) is 7.28. The Morgan fingerprint density at radius 1 is 1.17 bits per heavy atom. The van der Waals surface area contributed by atoms with Gasteiger partial charge in [-0.3, -0.25) is 9.59 Å². The molecule has 4 nitrogen and oxygen atoms in total. The number of carbonyl (C=O) groups is 2. The summed E-state index contributed by atoms with van der Waals surface area (Å²) in [4.78, 5) is 28.5. The number of hydrogen-bond acceptors (Lipinski definition) is 2. The Labute approximate surface area is 142 Å². The highest BCUT2D eigenvalue weighted by molar-refractivity contribution is 5.99. The fourth-order valence-corrected chi connectivity index (χ4v) is 3.29. The zero-order valence-electron chi connectivity index (χ0n) is 13.9. The standard InChI is InChI=1S/C20H22N2O2/c1-3-18-14-21(19(23)4-2)11-12-22(18)20(24)17-10-9-15-7-5-6-8-16(15)13-17/h4-10,13,18H,2-3,11-12,14H2,1H3. The third-order valence-corrected chi connectivity index (χ3v) is 4.70. The number of benzene rings is 2. The lowest BCUT2D eigenvalue weighted by atomic mass is 10.0. The molecular formula is C20H22N2O2. The molecule has 0 bridgehead atoms. The molecular weight excluding hydrogens is 300 g/mol. The van der Waals surface area contributed by atoms with E-state index >= 15 is 0 Å². The van der Waals surface area contributed by atoms with Crippen molar-refractivity contribution in [3.8, 4) is 0 Å². The van der Waals surface area contributed by atoms with E-state index in [0.717, 1.165) is 17.2 Å². The molecule has 1 saturated heterocycles. The van der Waals surface area contributed by atoms with E-state index in [2.05, 4.69) is 6.58 Å². The van der Waals surface area contributed by atoms with Crippen LogP contribution in [0, 0.1) is 0 Å². The molecule has 1 heterocycles. The third kappa shape index (κ3) is 3.04. The Bertz CT molecular complexity index is 784. The molecule has 3 rings (SSSR count). The van der Waals surface area contributed by atoms with E-state index in [0.29, 0.717) is 25.2 Å². The second-order valence-corrected chi connectivity index (χ2v) is 6.11. The number of nitrogens with zero attached hydrogens (tertiary/aromatic N) is 2. The Kier molecular flexibility index (Phi) is 4.65. The number of hydrogen-bond donors (Lipinski definition) is 0. The van der Waals surface area contributed by atoms with Crippen LogP contribution in [0.4, 0.5) is 0 Å². The van der Waals surface area contributed by atoms with Crippen molar-refractivity contribution in [3.63, 3.8) is 0 Å². The molecule has 0 radical (unpaired) electrons. The van der Waals surface area contributed by atoms with Crippen molar-refractivity contribution < 1.29 is 9.59 Å². The lowest BCUT2D eigenvalue weighted by Gasteiger charge is -2.41. The Morgan fingerprint density at radius 2 is 1.92 bits per heavy atom. The zero-order valence-corrected chi connectivity index (χ0v) is 13.9. The molecule has 0 spiro atoms. The van der Waals surface area contributed by atoms with E-state index in [4.69, 9.17) is 0 Å². The van der Waals surface area contributed by atoms with Gasteiger partial charge in [-0.15, -0.1) is 0 Å². The van der Waals surface area contributed by atoms with Gasteiger partial charge in [0, 0.05) is 31.2 Å². The van der Waals surface area contributed by atoms with Crippen molar-refractivity contribution in [2.24, 2.45) is 0 Å². The topological polar surface area (TPSA) is 40.6 Å². The summed E-state index contributed by atoms with van der Waals surface area (Å²) in [5.41, 5.74) is 0.704. The summed E-state index contributed by atoms with van der Waals surface area (Å²) in [6.07, 6.45) is 2.16. The molecule has 0 N–H and O–H groups in total. The number of piperazine rings is 1. The molecule has 0 saturated carbocycles. The summed E-state index contributed by atoms with van der Waals surface area (Å²) >= 11 is 0. The van der Waals surface area contributed by atoms with Gasteiger partial charge in [0.25, 0.3) is 5.91 Å². The van der Waals surface area contributed by atoms with Gasteiger partial charge in [0.1, 0.15) is 0 Å². The molecule has 2 aromatic rings. The SMILES string of the molecule is C=CC(=O)N1CCN(C(=O)c2ccc3ccccc3c2)C(CC)C1. The minimum absolute atomic E-state index is 0.0401. The van der Waals surface area contributed by atoms with Crippen LogP contribution in [0.3, 0.4) is 0 Å². The summed E-state index contributed by atoms with van der Waals surface area (Å²) in [7, 11) is 0. The molecule has 1 aliphatic rings. The molecule has 0 aliphatic carbocycles. The lowest BCUT2D eigenvalue weighted by Crippen LogP contribution is -2.56. The van der Waals surface area contributed by atoms with Crippen molar-refractivity contribution in [3.05, 3.63) is 60.7 Å². The van der Waals surface area contributed by atoms with Crippen LogP contribution in [0.25, 0.3) is 10.8 Å². The van der Waals surface area contributed by atoms with Gasteiger partial charge in [0.05, 0.1) is 0 Å². The van der Waals surface area contributed by atoms with E-state index < -0.39 is 0 Å². The highest BCUT2D eigenvalue weighted by Crippen LogP contribution is 2.20. The number of rotatable bonds is 3. The normalized spacial score (nSPS) is 17.8. The van der Waals surface area contributed by atoms with Crippen LogP contribution in [0.5, 0.6) is 0 Å². The molecule has 1 atom stereocenters. The Morgan fingerprint density at radius 3 is 2.62 bits per heavy atom. The van der Waals surface area contributed by atoms with E-state index in [-0.39, 0.29) is 17.9 Å². The molecule has 0 aromatic heterocycles. The van der Waals surface area contributed by atoms with Gasteiger partial charge in [-0.2, -0.15) is 0 Å². The smallest absolute Gasteiger partial charge is 0.254 e. The van der Waals surface area contributed by atoms with Gasteiger partial charge >= 0.3 is 0 Å². The molecule has 1 aliphatic heterocycles. The largest absolute Gasteiger partial charge is 0.335 e. The summed E-state index contributed by atoms with van der Waals surface area (Å²) < 4.78 is 0. The van der Waals surface area contributed by atoms with E-state index in [9.17, 15) is 9.59 Å². The highest BCUT2D eigenvalue weighted by Gasteiger charge is 2.31. The first-order valence-corrected chi connectivity index (χ1v) is 8.35. The van der Waals surface area contributed by atoms with E-state index in [1.165, 1.54) is 6.08 Å². The van der Waals surface area contributed by atoms with E-state index in [1.807, 2.05) is 54.3 Å². The van der Waals surface area contributed by atoms with Crippen LogP contribution in [-0.2, 0) is 4.79 Å². The van der Waals surface area contributed by atoms with Crippen molar-refractivity contribution in [2.45, 2.75) is 19.4 Å². The summed E-state index contributed by atoms with van der Waals surface area (Å²) in [5.74, 6) is -0.0236. The predicted octanol–water partition coefficient (Wildman–Crippen LogP) is 3.09. The average Bonchev–Trinajstić information content (AvgIpc) is 2.65. The minimum atomic E-state index is -0.0637. The van der Waals surface area contributed by atoms with Crippen LogP contribution in [0.2, 0.25) is 0 Å². The summed E-state index contributed by atoms with van der Waals surface area (Å²) in [5, 5.41) is 2.19. The van der Waals surface area contributed by atoms with Crippen LogP contribution in [0.15, 0.2) is 55.1 Å². The van der Waals surface area contributed by atoms with Gasteiger partial charge in [-0.1, -0.05) is 43.8 Å². The fraction of sp³-hybridized carbons (Fsp3) is 0.300. The first-order chi connectivity index (χ1) is 11.6. The Hall–Kier alpha value is -2.62. The third-order valence-electron chi connectivity index (χ3n) is 4.70. The van der Waals surface area contributed by atoms with Gasteiger partial charge in [0.15, 0.2) is 0 Å². The maximum Gasteiger partial charge on any atom is 0.254 e. The second kappa shape index (κ2) is 6.87. The van der Waals surface area contributed by atoms with Crippen molar-refractivity contribution in [1.29, 1.82) is 0 Å². The summed E-state index contributed by atoms with van der Waals surface area (Å²) in [6, 6.07) is 13.9. The highest BCUT2D eigenvalue weighted by atomic mass is 16.2. The van der Waals surface area contributed by atoms with Gasteiger partial charge in [0.2, 0.25) is 5.91 Å². The molecule has 1 unspecified atom stereocenters. The van der Waals surface area contributed by atoms with Gasteiger partial charge in [-0.25, -0.2) is 0 Å². The number of carbonyl (C=O) groups excluding carboxylic acids is 2. The van der Waals surface area contributed by atoms with Crippen molar-refractivity contribution in [2.75, 3.05) is 19.6 Å². The lowest BCUT2D eigenvalue weighted by molar-refractivity contribution is -0.128. The minimum Gasteiger partial charge on any atom is -0.335 e. The molecule has 124 valence electrons. The van der Waals surface area contributed by atoms with Crippen LogP contribution >= 0.6 is 0 Å². The molecule has 1 fully saturated rings. The monoisotopic (exact) mass is 322 g/mol. The predicted molar refractivity (Wildman–Crippen MR) is 95.8 cm³/mol. The molecule has 4 heteroatoms. The maximum atomic E-state index is 13.0. The fourth-order valence-electron chi connectivity index (χ4n) is 3.29. The van der Waals surface area contributed by atoms with Crippen LogP contribution in [0.1, 0.15) is 23.7 Å². The van der Waals surface area contributed by atoms with Gasteiger partial charge < -0.3 is 9.80 Å². The van der Waals surface area contributed by atoms with Crippen LogP contribution in [-0.4, -0.2) is 47.3 Å². The van der Waals surface area contributed by atoms with Crippen LogP contribution < -0.4 is 0 Å². The maximum absolute atomic E-state index is 13.0. The van der Waals surface area contributed by atoms with Crippen molar-refractivity contribution in [1.82, 2.24) is 9.80 Å². The first kappa shape index (κ1) is 16.2. The average molecular weight is 322 g/mol. The van der Waals surface area contributed by atoms with Crippen molar-refractivity contribution >= 4 is 22.6 Å². The van der Waals surface area contributed by atoms with E-state index in [1.54, 1.807) is 4.90 Å². The number of amides is 2. The molecule has 24 heavy (non-hydrogen) atoms. The van der Waals surface area contributed by atoms with Gasteiger partial charge in [-0.05, 0) is 35.4 Å².